The van der Waals surface area contributed by atoms with Gasteiger partial charge in [0.2, 0.25) is 0 Å². The molecule has 0 aliphatic carbocycles. The highest BCUT2D eigenvalue weighted by atomic mass is 19.3. The van der Waals surface area contributed by atoms with Gasteiger partial charge in [-0.2, -0.15) is 8.78 Å². The van der Waals surface area contributed by atoms with E-state index in [1.807, 2.05) is 6.07 Å². The molecule has 0 saturated carbocycles. The Morgan fingerprint density at radius 1 is 1.50 bits per heavy atom. The zero-order chi connectivity index (χ0) is 10.1. The van der Waals surface area contributed by atoms with Crippen molar-refractivity contribution in [3.63, 3.8) is 0 Å². The van der Waals surface area contributed by atoms with Crippen molar-refractivity contribution in [2.45, 2.75) is 19.6 Å². The highest BCUT2D eigenvalue weighted by Crippen LogP contribution is 2.38. The van der Waals surface area contributed by atoms with Crippen LogP contribution in [0.25, 0.3) is 0 Å². The van der Waals surface area contributed by atoms with Crippen LogP contribution in [0.1, 0.15) is 17.2 Å². The molecule has 2 rings (SSSR count). The molecule has 4 heteroatoms. The third-order valence-corrected chi connectivity index (χ3v) is 2.13. The van der Waals surface area contributed by atoms with Crippen molar-refractivity contribution < 1.29 is 18.3 Å². The third-order valence-electron chi connectivity index (χ3n) is 2.13. The molecule has 1 fully saturated rings. The van der Waals surface area contributed by atoms with Crippen LogP contribution in [0.15, 0.2) is 18.2 Å². The quantitative estimate of drug-likeness (QED) is 0.699. The normalized spacial score (nSPS) is 19.9. The molecule has 1 atom stereocenters. The monoisotopic (exact) mass is 200 g/mol. The first-order valence-corrected chi connectivity index (χ1v) is 4.34. The van der Waals surface area contributed by atoms with Crippen LogP contribution in [0.4, 0.5) is 8.78 Å². The van der Waals surface area contributed by atoms with Gasteiger partial charge in [0.25, 0.3) is 0 Å². The minimum atomic E-state index is -2.78. The molecule has 1 aromatic rings. The molecular weight excluding hydrogens is 190 g/mol. The number of hydrogen-bond donors (Lipinski definition) is 0. The van der Waals surface area contributed by atoms with E-state index in [9.17, 15) is 8.78 Å². The van der Waals surface area contributed by atoms with Gasteiger partial charge >= 0.3 is 6.61 Å². The molecule has 2 nitrogen and oxygen atoms in total. The first kappa shape index (κ1) is 9.40. The summed E-state index contributed by atoms with van der Waals surface area (Å²) < 4.78 is 33.7. The number of rotatable bonds is 3. The van der Waals surface area contributed by atoms with Gasteiger partial charge in [-0.1, -0.05) is 18.2 Å². The maximum absolute atomic E-state index is 12.1. The van der Waals surface area contributed by atoms with E-state index in [0.29, 0.717) is 17.7 Å². The van der Waals surface area contributed by atoms with Crippen molar-refractivity contribution in [2.75, 3.05) is 6.61 Å². The smallest absolute Gasteiger partial charge is 0.387 e. The Morgan fingerprint density at radius 3 is 2.79 bits per heavy atom. The lowest BCUT2D eigenvalue weighted by molar-refractivity contribution is -0.0510. The lowest BCUT2D eigenvalue weighted by atomic mass is 10.1. The van der Waals surface area contributed by atoms with Gasteiger partial charge < -0.3 is 9.47 Å². The van der Waals surface area contributed by atoms with Crippen molar-refractivity contribution >= 4 is 0 Å². The van der Waals surface area contributed by atoms with Crippen LogP contribution in [-0.4, -0.2) is 13.2 Å². The molecule has 1 aliphatic rings. The zero-order valence-corrected chi connectivity index (χ0v) is 7.67. The fourth-order valence-corrected chi connectivity index (χ4v) is 1.41. The average Bonchev–Trinajstić information content (AvgIpc) is 2.90. The molecule has 1 aliphatic heterocycles. The Labute approximate surface area is 80.4 Å². The predicted octanol–water partition coefficient (Wildman–Crippen LogP) is 2.67. The minimum absolute atomic E-state index is 0.0661. The number of halogens is 2. The second-order valence-corrected chi connectivity index (χ2v) is 3.19. The molecule has 0 N–H and O–H groups in total. The van der Waals surface area contributed by atoms with Crippen molar-refractivity contribution in [1.29, 1.82) is 0 Å². The molecule has 76 valence electrons. The van der Waals surface area contributed by atoms with Crippen LogP contribution in [-0.2, 0) is 4.74 Å². The largest absolute Gasteiger partial charge is 0.434 e. The fraction of sp³-hybridized carbons (Fsp3) is 0.400. The highest BCUT2D eigenvalue weighted by Gasteiger charge is 2.29. The molecule has 14 heavy (non-hydrogen) atoms. The fourth-order valence-electron chi connectivity index (χ4n) is 1.41. The Bertz CT molecular complexity index is 335. The van der Waals surface area contributed by atoms with Crippen LogP contribution >= 0.6 is 0 Å². The molecule has 1 aromatic carbocycles. The molecule has 1 saturated heterocycles. The Kier molecular flexibility index (Phi) is 2.37. The van der Waals surface area contributed by atoms with Gasteiger partial charge in [-0.15, -0.1) is 0 Å². The van der Waals surface area contributed by atoms with Crippen LogP contribution in [0.2, 0.25) is 0 Å². The van der Waals surface area contributed by atoms with E-state index in [1.165, 1.54) is 0 Å². The molecular formula is C10H10F2O2. The minimum Gasteiger partial charge on any atom is -0.434 e. The summed E-state index contributed by atoms with van der Waals surface area (Å²) in [5.74, 6) is 0.255. The van der Waals surface area contributed by atoms with Crippen molar-refractivity contribution in [2.24, 2.45) is 0 Å². The summed E-state index contributed by atoms with van der Waals surface area (Å²) in [5, 5.41) is 0. The van der Waals surface area contributed by atoms with Gasteiger partial charge in [0.05, 0.1) is 6.61 Å². The summed E-state index contributed by atoms with van der Waals surface area (Å²) in [4.78, 5) is 0. The number of ether oxygens (including phenoxy) is 2. The van der Waals surface area contributed by atoms with E-state index < -0.39 is 6.61 Å². The third kappa shape index (κ3) is 1.85. The van der Waals surface area contributed by atoms with E-state index >= 15 is 0 Å². The van der Waals surface area contributed by atoms with Gasteiger partial charge in [0, 0.05) is 5.56 Å². The molecule has 1 heterocycles. The standard InChI is InChI=1S/C10H10F2O2/c1-6-3-2-4-7(8-5-13-8)9(6)14-10(11)12/h2-4,8,10H,5H2,1H3/t8-/m1/s1. The number of para-hydroxylation sites is 1. The van der Waals surface area contributed by atoms with Crippen LogP contribution in [0.3, 0.4) is 0 Å². The van der Waals surface area contributed by atoms with Crippen molar-refractivity contribution in [3.8, 4) is 5.75 Å². The molecule has 0 unspecified atom stereocenters. The van der Waals surface area contributed by atoms with E-state index in [0.717, 1.165) is 0 Å². The number of aryl methyl sites for hydroxylation is 1. The van der Waals surface area contributed by atoms with Gasteiger partial charge in [-0.25, -0.2) is 0 Å². The maximum atomic E-state index is 12.1. The summed E-state index contributed by atoms with van der Waals surface area (Å²) in [6.07, 6.45) is -0.0661. The second-order valence-electron chi connectivity index (χ2n) is 3.19. The summed E-state index contributed by atoms with van der Waals surface area (Å²) in [5.41, 5.74) is 1.42. The van der Waals surface area contributed by atoms with Crippen molar-refractivity contribution in [3.05, 3.63) is 29.3 Å². The molecule has 0 bridgehead atoms. The summed E-state index contributed by atoms with van der Waals surface area (Å²) >= 11 is 0. The summed E-state index contributed by atoms with van der Waals surface area (Å²) in [7, 11) is 0. The number of benzene rings is 1. The van der Waals surface area contributed by atoms with E-state index in [2.05, 4.69) is 4.74 Å². The maximum Gasteiger partial charge on any atom is 0.387 e. The van der Waals surface area contributed by atoms with Crippen molar-refractivity contribution in [1.82, 2.24) is 0 Å². The van der Waals surface area contributed by atoms with Gasteiger partial charge in [0.1, 0.15) is 11.9 Å². The SMILES string of the molecule is Cc1cccc([C@H]2CO2)c1OC(F)F. The number of epoxide rings is 1. The van der Waals surface area contributed by atoms with E-state index in [4.69, 9.17) is 4.74 Å². The first-order chi connectivity index (χ1) is 6.68. The number of hydrogen-bond acceptors (Lipinski definition) is 2. The number of alkyl halides is 2. The average molecular weight is 200 g/mol. The molecule has 0 amide bonds. The van der Waals surface area contributed by atoms with Crippen LogP contribution < -0.4 is 4.74 Å². The lowest BCUT2D eigenvalue weighted by Crippen LogP contribution is -2.05. The topological polar surface area (TPSA) is 21.8 Å². The predicted molar refractivity (Wildman–Crippen MR) is 46.5 cm³/mol. The highest BCUT2D eigenvalue weighted by molar-refractivity contribution is 5.43. The van der Waals surface area contributed by atoms with Crippen LogP contribution in [0, 0.1) is 6.92 Å². The first-order valence-electron chi connectivity index (χ1n) is 4.34. The second kappa shape index (κ2) is 3.53. The zero-order valence-electron chi connectivity index (χ0n) is 7.67. The van der Waals surface area contributed by atoms with Gasteiger partial charge in [0.15, 0.2) is 0 Å². The lowest BCUT2D eigenvalue weighted by Gasteiger charge is -2.11. The van der Waals surface area contributed by atoms with E-state index in [1.54, 1.807) is 19.1 Å². The Balaban J connectivity index is 2.32. The van der Waals surface area contributed by atoms with E-state index in [-0.39, 0.29) is 11.9 Å². The molecule has 0 aromatic heterocycles. The van der Waals surface area contributed by atoms with Crippen LogP contribution in [0.5, 0.6) is 5.75 Å². The Morgan fingerprint density at radius 2 is 2.21 bits per heavy atom. The molecule has 0 spiro atoms. The molecule has 0 radical (unpaired) electrons. The van der Waals surface area contributed by atoms with Gasteiger partial charge in [-0.3, -0.25) is 0 Å². The summed E-state index contributed by atoms with van der Waals surface area (Å²) in [6, 6.07) is 5.30. The van der Waals surface area contributed by atoms with Gasteiger partial charge in [-0.05, 0) is 12.5 Å². The Hall–Kier alpha value is -1.16. The summed E-state index contributed by atoms with van der Waals surface area (Å²) in [6.45, 7) is -0.458.